The Morgan fingerprint density at radius 3 is 2.71 bits per heavy atom. The topological polar surface area (TPSA) is 71.6 Å². The van der Waals surface area contributed by atoms with Crippen LogP contribution < -0.4 is 4.74 Å². The Balaban J connectivity index is 2.09. The van der Waals surface area contributed by atoms with Crippen LogP contribution in [0.15, 0.2) is 22.7 Å². The Morgan fingerprint density at radius 2 is 2.05 bits per heavy atom. The van der Waals surface area contributed by atoms with Crippen LogP contribution in [-0.4, -0.2) is 46.9 Å². The van der Waals surface area contributed by atoms with Crippen molar-refractivity contribution in [3.8, 4) is 23.0 Å². The first-order chi connectivity index (χ1) is 10.2. The summed E-state index contributed by atoms with van der Waals surface area (Å²) in [4.78, 5) is 6.69. The zero-order valence-corrected chi connectivity index (χ0v) is 12.7. The van der Waals surface area contributed by atoms with E-state index in [0.29, 0.717) is 17.5 Å². The summed E-state index contributed by atoms with van der Waals surface area (Å²) in [6.07, 6.45) is 0.750. The van der Waals surface area contributed by atoms with E-state index in [1.54, 1.807) is 18.2 Å². The van der Waals surface area contributed by atoms with Crippen molar-refractivity contribution in [2.45, 2.75) is 20.3 Å². The van der Waals surface area contributed by atoms with Gasteiger partial charge in [0.25, 0.3) is 5.89 Å². The fourth-order valence-corrected chi connectivity index (χ4v) is 2.08. The highest BCUT2D eigenvalue weighted by Gasteiger charge is 2.12. The van der Waals surface area contributed by atoms with Crippen LogP contribution in [0.4, 0.5) is 0 Å². The Morgan fingerprint density at radius 1 is 1.29 bits per heavy atom. The molecule has 1 heterocycles. The van der Waals surface area contributed by atoms with Crippen LogP contribution in [0.5, 0.6) is 11.5 Å². The van der Waals surface area contributed by atoms with E-state index >= 15 is 0 Å². The van der Waals surface area contributed by atoms with Gasteiger partial charge in [-0.2, -0.15) is 4.98 Å². The van der Waals surface area contributed by atoms with Crippen LogP contribution in [0, 0.1) is 0 Å². The van der Waals surface area contributed by atoms with Gasteiger partial charge in [0.15, 0.2) is 17.3 Å². The second-order valence-corrected chi connectivity index (χ2v) is 4.68. The van der Waals surface area contributed by atoms with E-state index in [1.165, 1.54) is 7.11 Å². The van der Waals surface area contributed by atoms with Gasteiger partial charge in [-0.1, -0.05) is 19.0 Å². The summed E-state index contributed by atoms with van der Waals surface area (Å²) >= 11 is 0. The highest BCUT2D eigenvalue weighted by molar-refractivity contribution is 5.59. The van der Waals surface area contributed by atoms with E-state index in [9.17, 15) is 5.11 Å². The monoisotopic (exact) mass is 291 g/mol. The van der Waals surface area contributed by atoms with Crippen molar-refractivity contribution in [3.05, 3.63) is 24.0 Å². The van der Waals surface area contributed by atoms with Gasteiger partial charge in [0.05, 0.1) is 7.11 Å². The van der Waals surface area contributed by atoms with Crippen molar-refractivity contribution >= 4 is 0 Å². The van der Waals surface area contributed by atoms with Crippen molar-refractivity contribution < 1.29 is 14.4 Å². The van der Waals surface area contributed by atoms with E-state index < -0.39 is 0 Å². The van der Waals surface area contributed by atoms with E-state index in [4.69, 9.17) is 9.26 Å². The second kappa shape index (κ2) is 7.08. The molecule has 0 spiro atoms. The highest BCUT2D eigenvalue weighted by atomic mass is 16.5. The van der Waals surface area contributed by atoms with E-state index in [0.717, 1.165) is 31.6 Å². The molecular weight excluding hydrogens is 270 g/mol. The lowest BCUT2D eigenvalue weighted by atomic mass is 10.2. The molecule has 1 aromatic heterocycles. The lowest BCUT2D eigenvalue weighted by Gasteiger charge is -2.16. The quantitative estimate of drug-likeness (QED) is 0.844. The third-order valence-electron chi connectivity index (χ3n) is 3.44. The van der Waals surface area contributed by atoms with Crippen LogP contribution >= 0.6 is 0 Å². The van der Waals surface area contributed by atoms with E-state index in [2.05, 4.69) is 28.9 Å². The number of rotatable bonds is 7. The molecule has 6 nitrogen and oxygen atoms in total. The predicted octanol–water partition coefficient (Wildman–Crippen LogP) is 2.34. The maximum Gasteiger partial charge on any atom is 0.258 e. The third-order valence-corrected chi connectivity index (χ3v) is 3.44. The predicted molar refractivity (Wildman–Crippen MR) is 79.4 cm³/mol. The number of aromatic nitrogens is 2. The Kier molecular flexibility index (Phi) is 5.16. The van der Waals surface area contributed by atoms with Crippen molar-refractivity contribution in [3.63, 3.8) is 0 Å². The Labute approximate surface area is 124 Å². The van der Waals surface area contributed by atoms with Gasteiger partial charge in [-0.15, -0.1) is 0 Å². The molecule has 114 valence electrons. The minimum absolute atomic E-state index is 0.0857. The lowest BCUT2D eigenvalue weighted by molar-refractivity contribution is 0.303. The molecule has 1 aromatic carbocycles. The van der Waals surface area contributed by atoms with Gasteiger partial charge in [-0.25, -0.2) is 0 Å². The standard InChI is InChI=1S/C15H21N3O3/c1-4-18(5-2)9-8-14-16-15(21-17-14)11-6-7-12(19)13(10-11)20-3/h6-7,10,19H,4-5,8-9H2,1-3H3. The summed E-state index contributed by atoms with van der Waals surface area (Å²) in [5, 5.41) is 13.6. The van der Waals surface area contributed by atoms with Gasteiger partial charge in [-0.3, -0.25) is 0 Å². The Hall–Kier alpha value is -2.08. The van der Waals surface area contributed by atoms with Gasteiger partial charge < -0.3 is 19.3 Å². The number of aromatic hydroxyl groups is 1. The molecule has 0 aliphatic carbocycles. The molecule has 0 aliphatic heterocycles. The molecule has 1 N–H and O–H groups in total. The van der Waals surface area contributed by atoms with Crippen molar-refractivity contribution in [2.24, 2.45) is 0 Å². The first-order valence-corrected chi connectivity index (χ1v) is 7.10. The molecule has 0 saturated heterocycles. The summed E-state index contributed by atoms with van der Waals surface area (Å²) in [5.74, 6) is 1.59. The first-order valence-electron chi connectivity index (χ1n) is 7.10. The number of ether oxygens (including phenoxy) is 1. The number of hydrogen-bond donors (Lipinski definition) is 1. The number of likely N-dealkylation sites (N-methyl/N-ethyl adjacent to an activating group) is 1. The van der Waals surface area contributed by atoms with Crippen LogP contribution in [0.3, 0.4) is 0 Å². The number of benzene rings is 1. The summed E-state index contributed by atoms with van der Waals surface area (Å²) in [6, 6.07) is 4.95. The first kappa shape index (κ1) is 15.3. The normalized spacial score (nSPS) is 11.0. The fourth-order valence-electron chi connectivity index (χ4n) is 2.08. The van der Waals surface area contributed by atoms with Crippen LogP contribution in [0.25, 0.3) is 11.5 Å². The number of hydrogen-bond acceptors (Lipinski definition) is 6. The maximum absolute atomic E-state index is 9.59. The largest absolute Gasteiger partial charge is 0.504 e. The average Bonchev–Trinajstić information content (AvgIpc) is 2.97. The minimum atomic E-state index is 0.0857. The molecule has 0 atom stereocenters. The van der Waals surface area contributed by atoms with Crippen LogP contribution in [0.1, 0.15) is 19.7 Å². The third kappa shape index (κ3) is 3.72. The van der Waals surface area contributed by atoms with Gasteiger partial charge in [0.2, 0.25) is 0 Å². The maximum atomic E-state index is 9.59. The molecule has 0 bridgehead atoms. The van der Waals surface area contributed by atoms with Crippen molar-refractivity contribution in [1.82, 2.24) is 15.0 Å². The molecule has 0 amide bonds. The summed E-state index contributed by atoms with van der Waals surface area (Å²) in [7, 11) is 1.50. The van der Waals surface area contributed by atoms with Gasteiger partial charge >= 0.3 is 0 Å². The highest BCUT2D eigenvalue weighted by Crippen LogP contribution is 2.30. The number of phenols is 1. The fraction of sp³-hybridized carbons (Fsp3) is 0.467. The molecule has 0 saturated carbocycles. The molecule has 0 unspecified atom stereocenters. The molecule has 21 heavy (non-hydrogen) atoms. The summed E-state index contributed by atoms with van der Waals surface area (Å²) < 4.78 is 10.3. The molecule has 2 aromatic rings. The SMILES string of the molecule is CCN(CC)CCc1noc(-c2ccc(O)c(OC)c2)n1. The van der Waals surface area contributed by atoms with Crippen LogP contribution in [-0.2, 0) is 6.42 Å². The molecule has 0 aliphatic rings. The zero-order chi connectivity index (χ0) is 15.2. The van der Waals surface area contributed by atoms with Crippen molar-refractivity contribution in [2.75, 3.05) is 26.7 Å². The lowest BCUT2D eigenvalue weighted by Crippen LogP contribution is -2.25. The number of phenolic OH excluding ortho intramolecular Hbond substituents is 1. The molecule has 0 radical (unpaired) electrons. The smallest absolute Gasteiger partial charge is 0.258 e. The minimum Gasteiger partial charge on any atom is -0.504 e. The van der Waals surface area contributed by atoms with Crippen molar-refractivity contribution in [1.29, 1.82) is 0 Å². The van der Waals surface area contributed by atoms with Crippen LogP contribution in [0.2, 0.25) is 0 Å². The van der Waals surface area contributed by atoms with E-state index in [1.807, 2.05) is 0 Å². The Bertz CT molecular complexity index is 579. The molecule has 0 fully saturated rings. The van der Waals surface area contributed by atoms with Gasteiger partial charge in [-0.05, 0) is 31.3 Å². The van der Waals surface area contributed by atoms with Gasteiger partial charge in [0, 0.05) is 18.5 Å². The second-order valence-electron chi connectivity index (χ2n) is 4.68. The molecular formula is C15H21N3O3. The molecule has 6 heteroatoms. The number of methoxy groups -OCH3 is 1. The zero-order valence-electron chi connectivity index (χ0n) is 12.7. The summed E-state index contributed by atoms with van der Waals surface area (Å²) in [6.45, 7) is 7.19. The summed E-state index contributed by atoms with van der Waals surface area (Å²) in [5.41, 5.74) is 0.728. The van der Waals surface area contributed by atoms with E-state index in [-0.39, 0.29) is 5.75 Å². The molecule has 2 rings (SSSR count). The number of nitrogens with zero attached hydrogens (tertiary/aromatic N) is 3. The van der Waals surface area contributed by atoms with Gasteiger partial charge in [0.1, 0.15) is 0 Å². The average molecular weight is 291 g/mol.